The molecule has 2 heterocycles. The SMILES string of the molecule is CCCc1cccc(NC2CC(C)(C3=CC=CC4C3=CC=CC4C=O)OC2=O)n1. The van der Waals surface area contributed by atoms with E-state index >= 15 is 0 Å². The molecule has 29 heavy (non-hydrogen) atoms. The molecule has 3 aliphatic rings. The highest BCUT2D eigenvalue weighted by atomic mass is 16.6. The number of fused-ring (bicyclic) bond motifs is 1. The molecule has 0 bridgehead atoms. The Morgan fingerprint density at radius 1 is 1.28 bits per heavy atom. The first-order chi connectivity index (χ1) is 14.0. The minimum atomic E-state index is -0.747. The summed E-state index contributed by atoms with van der Waals surface area (Å²) in [6.07, 6.45) is 15.3. The van der Waals surface area contributed by atoms with E-state index in [0.29, 0.717) is 12.2 Å². The van der Waals surface area contributed by atoms with Gasteiger partial charge in [-0.2, -0.15) is 0 Å². The molecular weight excluding hydrogens is 364 g/mol. The van der Waals surface area contributed by atoms with Gasteiger partial charge in [0.25, 0.3) is 0 Å². The van der Waals surface area contributed by atoms with Crippen LogP contribution in [0.1, 0.15) is 32.4 Å². The molecule has 5 heteroatoms. The lowest BCUT2D eigenvalue weighted by Crippen LogP contribution is -2.33. The molecule has 4 atom stereocenters. The van der Waals surface area contributed by atoms with Crippen LogP contribution in [-0.4, -0.2) is 28.9 Å². The number of cyclic esters (lactones) is 1. The Morgan fingerprint density at radius 2 is 2.10 bits per heavy atom. The van der Waals surface area contributed by atoms with Crippen LogP contribution in [0.5, 0.6) is 0 Å². The molecule has 4 rings (SSSR count). The summed E-state index contributed by atoms with van der Waals surface area (Å²) < 4.78 is 5.88. The van der Waals surface area contributed by atoms with Crippen LogP contribution >= 0.6 is 0 Å². The standard InChI is InChI=1S/C24H26N2O3/c1-3-7-17-9-5-13-22(25-17)26-21-14-24(2,29-23(21)28)20-12-6-10-18-16(15-27)8-4-11-19(18)20/h4-6,8-13,15-16,18,21H,3,7,14H2,1-2H3,(H,25,26). The zero-order chi connectivity index (χ0) is 20.4. The fourth-order valence-corrected chi connectivity index (χ4v) is 4.42. The van der Waals surface area contributed by atoms with Crippen molar-refractivity contribution >= 4 is 18.1 Å². The number of aryl methyl sites for hydroxylation is 1. The number of anilines is 1. The maximum atomic E-state index is 12.7. The third kappa shape index (κ3) is 3.69. The van der Waals surface area contributed by atoms with E-state index in [9.17, 15) is 9.59 Å². The molecule has 0 amide bonds. The number of pyridine rings is 1. The number of ether oxygens (including phenoxy) is 1. The van der Waals surface area contributed by atoms with E-state index in [1.54, 1.807) is 0 Å². The fourth-order valence-electron chi connectivity index (χ4n) is 4.42. The van der Waals surface area contributed by atoms with E-state index in [1.807, 2.05) is 61.6 Å². The molecule has 150 valence electrons. The van der Waals surface area contributed by atoms with E-state index in [1.165, 1.54) is 0 Å². The third-order valence-corrected chi connectivity index (χ3v) is 5.84. The largest absolute Gasteiger partial charge is 0.453 e. The molecule has 4 unspecified atom stereocenters. The highest BCUT2D eigenvalue weighted by Gasteiger charge is 2.48. The van der Waals surface area contributed by atoms with Crippen LogP contribution in [-0.2, 0) is 20.7 Å². The number of aldehydes is 1. The topological polar surface area (TPSA) is 68.3 Å². The van der Waals surface area contributed by atoms with Gasteiger partial charge in [0.15, 0.2) is 0 Å². The average Bonchev–Trinajstić information content (AvgIpc) is 3.01. The Kier molecular flexibility index (Phi) is 5.22. The summed E-state index contributed by atoms with van der Waals surface area (Å²) in [5.41, 5.74) is 2.27. The summed E-state index contributed by atoms with van der Waals surface area (Å²) in [6, 6.07) is 5.37. The second kappa shape index (κ2) is 7.82. The van der Waals surface area contributed by atoms with Crippen molar-refractivity contribution in [2.24, 2.45) is 11.8 Å². The van der Waals surface area contributed by atoms with Gasteiger partial charge in [-0.1, -0.05) is 55.9 Å². The molecule has 0 spiro atoms. The highest BCUT2D eigenvalue weighted by Crippen LogP contribution is 2.44. The van der Waals surface area contributed by atoms with Crippen molar-refractivity contribution in [2.45, 2.75) is 44.8 Å². The van der Waals surface area contributed by atoms with Crippen molar-refractivity contribution in [1.82, 2.24) is 4.98 Å². The number of hydrogen-bond acceptors (Lipinski definition) is 5. The van der Waals surface area contributed by atoms with Crippen LogP contribution in [0.2, 0.25) is 0 Å². The monoisotopic (exact) mass is 390 g/mol. The first-order valence-corrected chi connectivity index (χ1v) is 10.2. The van der Waals surface area contributed by atoms with Gasteiger partial charge in [-0.15, -0.1) is 0 Å². The number of esters is 1. The van der Waals surface area contributed by atoms with Crippen LogP contribution in [0, 0.1) is 11.8 Å². The van der Waals surface area contributed by atoms with Gasteiger partial charge in [-0.3, -0.25) is 0 Å². The van der Waals surface area contributed by atoms with Crippen molar-refractivity contribution in [3.05, 3.63) is 71.5 Å². The summed E-state index contributed by atoms with van der Waals surface area (Å²) in [5.74, 6) is 0.224. The van der Waals surface area contributed by atoms with Crippen molar-refractivity contribution in [1.29, 1.82) is 0 Å². The Balaban J connectivity index is 1.55. The number of allylic oxidation sites excluding steroid dienone is 6. The van der Waals surface area contributed by atoms with Gasteiger partial charge in [0.2, 0.25) is 0 Å². The number of nitrogens with zero attached hydrogens (tertiary/aromatic N) is 1. The van der Waals surface area contributed by atoms with E-state index in [4.69, 9.17) is 4.74 Å². The molecule has 5 nitrogen and oxygen atoms in total. The number of carbonyl (C=O) groups is 2. The Hall–Kier alpha value is -2.95. The van der Waals surface area contributed by atoms with Crippen LogP contribution in [0.15, 0.2) is 65.8 Å². The first-order valence-electron chi connectivity index (χ1n) is 10.2. The van der Waals surface area contributed by atoms with Gasteiger partial charge < -0.3 is 14.8 Å². The van der Waals surface area contributed by atoms with Crippen molar-refractivity contribution in [3.63, 3.8) is 0 Å². The summed E-state index contributed by atoms with van der Waals surface area (Å²) in [5, 5.41) is 3.26. The maximum Gasteiger partial charge on any atom is 0.329 e. The molecule has 0 radical (unpaired) electrons. The van der Waals surface area contributed by atoms with E-state index in [2.05, 4.69) is 17.2 Å². The molecular formula is C24H26N2O3. The summed E-state index contributed by atoms with van der Waals surface area (Å²) >= 11 is 0. The minimum absolute atomic E-state index is 0.00701. The molecule has 0 saturated carbocycles. The smallest absolute Gasteiger partial charge is 0.329 e. The van der Waals surface area contributed by atoms with Crippen molar-refractivity contribution < 1.29 is 14.3 Å². The quantitative estimate of drug-likeness (QED) is 0.589. The van der Waals surface area contributed by atoms with Crippen LogP contribution in [0.3, 0.4) is 0 Å². The predicted octanol–water partition coefficient (Wildman–Crippen LogP) is 3.94. The molecule has 1 fully saturated rings. The van der Waals surface area contributed by atoms with Crippen molar-refractivity contribution in [3.8, 4) is 0 Å². The van der Waals surface area contributed by atoms with Gasteiger partial charge in [0, 0.05) is 24.0 Å². The number of carbonyl (C=O) groups excluding carboxylic acids is 2. The van der Waals surface area contributed by atoms with Crippen molar-refractivity contribution in [2.75, 3.05) is 5.32 Å². The predicted molar refractivity (Wildman–Crippen MR) is 112 cm³/mol. The second-order valence-corrected chi connectivity index (χ2v) is 8.03. The first kappa shape index (κ1) is 19.4. The fraction of sp³-hybridized carbons (Fsp3) is 0.375. The lowest BCUT2D eigenvalue weighted by atomic mass is 9.72. The lowest BCUT2D eigenvalue weighted by Gasteiger charge is -2.35. The van der Waals surface area contributed by atoms with Gasteiger partial charge >= 0.3 is 5.97 Å². The van der Waals surface area contributed by atoms with Gasteiger partial charge in [0.05, 0.1) is 0 Å². The van der Waals surface area contributed by atoms with E-state index < -0.39 is 11.6 Å². The van der Waals surface area contributed by atoms with Gasteiger partial charge in [0.1, 0.15) is 23.7 Å². The minimum Gasteiger partial charge on any atom is -0.453 e. The molecule has 1 N–H and O–H groups in total. The van der Waals surface area contributed by atoms with Gasteiger partial charge in [-0.25, -0.2) is 9.78 Å². The maximum absolute atomic E-state index is 12.7. The van der Waals surface area contributed by atoms with E-state index in [0.717, 1.165) is 36.0 Å². The molecule has 1 aromatic heterocycles. The number of rotatable bonds is 6. The Labute approximate surface area is 171 Å². The third-order valence-electron chi connectivity index (χ3n) is 5.84. The Morgan fingerprint density at radius 3 is 2.90 bits per heavy atom. The summed E-state index contributed by atoms with van der Waals surface area (Å²) in [6.45, 7) is 4.07. The summed E-state index contributed by atoms with van der Waals surface area (Å²) in [7, 11) is 0. The zero-order valence-corrected chi connectivity index (χ0v) is 16.8. The molecule has 1 saturated heterocycles. The molecule has 1 aromatic rings. The van der Waals surface area contributed by atoms with Gasteiger partial charge in [-0.05, 0) is 36.6 Å². The average molecular weight is 390 g/mol. The zero-order valence-electron chi connectivity index (χ0n) is 16.8. The Bertz CT molecular complexity index is 943. The van der Waals surface area contributed by atoms with Crippen LogP contribution < -0.4 is 5.32 Å². The molecule has 2 aliphatic carbocycles. The number of hydrogen-bond donors (Lipinski definition) is 1. The molecule has 0 aromatic carbocycles. The van der Waals surface area contributed by atoms with Crippen LogP contribution in [0.4, 0.5) is 5.82 Å². The number of nitrogens with one attached hydrogen (secondary N) is 1. The summed E-state index contributed by atoms with van der Waals surface area (Å²) in [4.78, 5) is 28.8. The van der Waals surface area contributed by atoms with E-state index in [-0.39, 0.29) is 17.8 Å². The highest BCUT2D eigenvalue weighted by molar-refractivity contribution is 5.83. The second-order valence-electron chi connectivity index (χ2n) is 8.03. The molecule has 1 aliphatic heterocycles. The lowest BCUT2D eigenvalue weighted by molar-refractivity contribution is -0.145. The van der Waals surface area contributed by atoms with Crippen LogP contribution in [0.25, 0.3) is 0 Å². The normalized spacial score (nSPS) is 30.3. The number of aromatic nitrogens is 1.